The topological polar surface area (TPSA) is 52.5 Å². The molecule has 118 valence electrons. The molecule has 0 saturated carbocycles. The van der Waals surface area contributed by atoms with Gasteiger partial charge in [-0.15, -0.1) is 0 Å². The minimum atomic E-state index is 0.304. The van der Waals surface area contributed by atoms with E-state index in [0.29, 0.717) is 12.5 Å². The van der Waals surface area contributed by atoms with Crippen LogP contribution in [0, 0.1) is 6.92 Å². The Hall–Kier alpha value is -1.20. The molecule has 1 N–H and O–H groups in total. The maximum atomic E-state index is 8.84. The van der Waals surface area contributed by atoms with Crippen molar-refractivity contribution in [1.29, 1.82) is 0 Å². The molecule has 0 unspecified atom stereocenters. The van der Waals surface area contributed by atoms with E-state index in [9.17, 15) is 0 Å². The Morgan fingerprint density at radius 1 is 1.14 bits per heavy atom. The second-order valence-electron chi connectivity index (χ2n) is 6.14. The molecule has 2 heterocycles. The van der Waals surface area contributed by atoms with Crippen LogP contribution in [0.5, 0.6) is 0 Å². The molecule has 5 heteroatoms. The van der Waals surface area contributed by atoms with Crippen LogP contribution in [0.25, 0.3) is 0 Å². The van der Waals surface area contributed by atoms with E-state index < -0.39 is 0 Å². The van der Waals surface area contributed by atoms with Crippen molar-refractivity contribution in [2.45, 2.75) is 39.5 Å². The Labute approximate surface area is 128 Å². The van der Waals surface area contributed by atoms with E-state index in [0.717, 1.165) is 62.9 Å². The lowest BCUT2D eigenvalue weighted by Gasteiger charge is -2.35. The SMILES string of the molecule is Cc1cc(N2CCN(CCCCO)CC2)nc(C(C)C)n1. The summed E-state index contributed by atoms with van der Waals surface area (Å²) in [4.78, 5) is 14.1. The molecule has 0 bridgehead atoms. The van der Waals surface area contributed by atoms with Gasteiger partial charge in [0.25, 0.3) is 0 Å². The van der Waals surface area contributed by atoms with Crippen LogP contribution in [0.4, 0.5) is 5.82 Å². The van der Waals surface area contributed by atoms with Crippen molar-refractivity contribution < 1.29 is 5.11 Å². The van der Waals surface area contributed by atoms with Gasteiger partial charge in [-0.05, 0) is 26.3 Å². The number of aromatic nitrogens is 2. The quantitative estimate of drug-likeness (QED) is 0.810. The molecule has 1 aliphatic rings. The van der Waals surface area contributed by atoms with Gasteiger partial charge in [0.15, 0.2) is 0 Å². The molecule has 1 saturated heterocycles. The van der Waals surface area contributed by atoms with E-state index in [-0.39, 0.29) is 0 Å². The molecular weight excluding hydrogens is 264 g/mol. The van der Waals surface area contributed by atoms with E-state index >= 15 is 0 Å². The number of aryl methyl sites for hydroxylation is 1. The summed E-state index contributed by atoms with van der Waals surface area (Å²) in [6, 6.07) is 2.09. The van der Waals surface area contributed by atoms with Crippen LogP contribution in [0.2, 0.25) is 0 Å². The molecular formula is C16H28N4O. The van der Waals surface area contributed by atoms with Crippen LogP contribution in [-0.2, 0) is 0 Å². The number of anilines is 1. The van der Waals surface area contributed by atoms with Crippen LogP contribution in [0.15, 0.2) is 6.07 Å². The van der Waals surface area contributed by atoms with Gasteiger partial charge >= 0.3 is 0 Å². The van der Waals surface area contributed by atoms with Crippen LogP contribution < -0.4 is 4.90 Å². The minimum Gasteiger partial charge on any atom is -0.396 e. The van der Waals surface area contributed by atoms with Gasteiger partial charge in [0.1, 0.15) is 11.6 Å². The van der Waals surface area contributed by atoms with Gasteiger partial charge in [-0.1, -0.05) is 13.8 Å². The number of nitrogens with zero attached hydrogens (tertiary/aromatic N) is 4. The number of unbranched alkanes of at least 4 members (excludes halogenated alkanes) is 1. The molecule has 0 amide bonds. The van der Waals surface area contributed by atoms with Gasteiger partial charge in [-0.25, -0.2) is 9.97 Å². The number of rotatable bonds is 6. The van der Waals surface area contributed by atoms with Crippen molar-refractivity contribution in [3.05, 3.63) is 17.6 Å². The summed E-state index contributed by atoms with van der Waals surface area (Å²) >= 11 is 0. The maximum Gasteiger partial charge on any atom is 0.133 e. The van der Waals surface area contributed by atoms with Crippen LogP contribution >= 0.6 is 0 Å². The number of aliphatic hydroxyl groups is 1. The largest absolute Gasteiger partial charge is 0.396 e. The van der Waals surface area contributed by atoms with Gasteiger partial charge in [0.2, 0.25) is 0 Å². The molecule has 0 radical (unpaired) electrons. The van der Waals surface area contributed by atoms with Gasteiger partial charge < -0.3 is 10.0 Å². The van der Waals surface area contributed by atoms with E-state index in [1.54, 1.807) is 0 Å². The molecule has 2 rings (SSSR count). The molecule has 21 heavy (non-hydrogen) atoms. The highest BCUT2D eigenvalue weighted by Crippen LogP contribution is 2.18. The van der Waals surface area contributed by atoms with E-state index in [1.165, 1.54) is 0 Å². The third-order valence-corrected chi connectivity index (χ3v) is 3.95. The van der Waals surface area contributed by atoms with Crippen molar-refractivity contribution in [2.24, 2.45) is 0 Å². The summed E-state index contributed by atoms with van der Waals surface area (Å²) in [5.74, 6) is 2.38. The molecule has 1 aromatic heterocycles. The molecule has 0 atom stereocenters. The molecule has 0 spiro atoms. The fourth-order valence-electron chi connectivity index (χ4n) is 2.64. The molecule has 1 fully saturated rings. The fraction of sp³-hybridized carbons (Fsp3) is 0.750. The third kappa shape index (κ3) is 4.64. The maximum absolute atomic E-state index is 8.84. The highest BCUT2D eigenvalue weighted by molar-refractivity contribution is 5.40. The highest BCUT2D eigenvalue weighted by Gasteiger charge is 2.19. The summed E-state index contributed by atoms with van der Waals surface area (Å²) in [5.41, 5.74) is 1.05. The van der Waals surface area contributed by atoms with Crippen LogP contribution in [0.1, 0.15) is 44.1 Å². The predicted molar refractivity (Wildman–Crippen MR) is 85.8 cm³/mol. The van der Waals surface area contributed by atoms with E-state index in [2.05, 4.69) is 34.7 Å². The lowest BCUT2D eigenvalue weighted by atomic mass is 10.2. The van der Waals surface area contributed by atoms with Crippen molar-refractivity contribution in [3.8, 4) is 0 Å². The van der Waals surface area contributed by atoms with Gasteiger partial charge in [0.05, 0.1) is 0 Å². The van der Waals surface area contributed by atoms with Crippen molar-refractivity contribution in [2.75, 3.05) is 44.2 Å². The van der Waals surface area contributed by atoms with Gasteiger partial charge in [0, 0.05) is 50.5 Å². The van der Waals surface area contributed by atoms with Gasteiger partial charge in [-0.3, -0.25) is 4.90 Å². The zero-order valence-electron chi connectivity index (χ0n) is 13.5. The Bertz CT molecular complexity index is 442. The van der Waals surface area contributed by atoms with Crippen molar-refractivity contribution in [1.82, 2.24) is 14.9 Å². The molecule has 0 aliphatic carbocycles. The first-order chi connectivity index (χ1) is 10.1. The second-order valence-corrected chi connectivity index (χ2v) is 6.14. The normalized spacial score (nSPS) is 16.7. The molecule has 5 nitrogen and oxygen atoms in total. The number of hydrogen-bond acceptors (Lipinski definition) is 5. The summed E-state index contributed by atoms with van der Waals surface area (Å²) in [6.45, 7) is 11.9. The Morgan fingerprint density at radius 2 is 1.86 bits per heavy atom. The third-order valence-electron chi connectivity index (χ3n) is 3.95. The predicted octanol–water partition coefficient (Wildman–Crippen LogP) is 1.80. The summed E-state index contributed by atoms with van der Waals surface area (Å²) in [7, 11) is 0. The summed E-state index contributed by atoms with van der Waals surface area (Å²) < 4.78 is 0. The minimum absolute atomic E-state index is 0.304. The summed E-state index contributed by atoms with van der Waals surface area (Å²) in [6.07, 6.45) is 1.99. The summed E-state index contributed by atoms with van der Waals surface area (Å²) in [5, 5.41) is 8.84. The second kappa shape index (κ2) is 7.71. The van der Waals surface area contributed by atoms with Crippen LogP contribution in [-0.4, -0.2) is 59.3 Å². The van der Waals surface area contributed by atoms with E-state index in [4.69, 9.17) is 10.1 Å². The first-order valence-corrected chi connectivity index (χ1v) is 8.04. The van der Waals surface area contributed by atoms with E-state index in [1.807, 2.05) is 6.92 Å². The Kier molecular flexibility index (Phi) is 5.94. The number of piperazine rings is 1. The van der Waals surface area contributed by atoms with Gasteiger partial charge in [-0.2, -0.15) is 0 Å². The number of hydrogen-bond donors (Lipinski definition) is 1. The monoisotopic (exact) mass is 292 g/mol. The zero-order valence-corrected chi connectivity index (χ0v) is 13.5. The lowest BCUT2D eigenvalue weighted by Crippen LogP contribution is -2.47. The number of aliphatic hydroxyl groups excluding tert-OH is 1. The van der Waals surface area contributed by atoms with Crippen LogP contribution in [0.3, 0.4) is 0 Å². The fourth-order valence-corrected chi connectivity index (χ4v) is 2.64. The first kappa shape index (κ1) is 16.2. The zero-order chi connectivity index (χ0) is 15.2. The molecule has 1 aromatic rings. The highest BCUT2D eigenvalue weighted by atomic mass is 16.2. The standard InChI is InChI=1S/C16H28N4O/c1-13(2)16-17-14(3)12-15(18-16)20-9-7-19(8-10-20)6-4-5-11-21/h12-13,21H,4-11H2,1-3H3. The molecule has 1 aliphatic heterocycles. The van der Waals surface area contributed by atoms with Crippen molar-refractivity contribution in [3.63, 3.8) is 0 Å². The Morgan fingerprint density at radius 3 is 2.48 bits per heavy atom. The first-order valence-electron chi connectivity index (χ1n) is 8.04. The Balaban J connectivity index is 1.93. The molecule has 0 aromatic carbocycles. The van der Waals surface area contributed by atoms with Crippen molar-refractivity contribution >= 4 is 5.82 Å². The average Bonchev–Trinajstić information content (AvgIpc) is 2.47. The smallest absolute Gasteiger partial charge is 0.133 e. The lowest BCUT2D eigenvalue weighted by molar-refractivity contribution is 0.232. The average molecular weight is 292 g/mol.